The average Bonchev–Trinajstić information content (AvgIpc) is 2.00. The van der Waals surface area contributed by atoms with Gasteiger partial charge in [-0.3, -0.25) is 9.78 Å². The Balaban J connectivity index is 0.000000371. The highest BCUT2D eigenvalue weighted by molar-refractivity contribution is 4.77. The second-order valence-corrected chi connectivity index (χ2v) is 1.53. The van der Waals surface area contributed by atoms with Gasteiger partial charge in [0.1, 0.15) is 0 Å². The molecule has 1 rings (SSSR count). The number of hydrogen-bond donors (Lipinski definition) is 0. The van der Waals surface area contributed by atoms with E-state index in [0.717, 1.165) is 0 Å². The van der Waals surface area contributed by atoms with Crippen LogP contribution >= 0.6 is 0 Å². The van der Waals surface area contributed by atoms with Gasteiger partial charge in [0.05, 0.1) is 6.20 Å². The van der Waals surface area contributed by atoms with E-state index in [4.69, 9.17) is 0 Å². The van der Waals surface area contributed by atoms with Crippen molar-refractivity contribution in [2.45, 2.75) is 0 Å². The summed E-state index contributed by atoms with van der Waals surface area (Å²) in [5, 5.41) is 0. The number of nitrogens with zero attached hydrogens (tertiary/aromatic N) is 2. The van der Waals surface area contributed by atoms with Gasteiger partial charge in [-0.05, 0) is 0 Å². The molecule has 0 spiro atoms. The van der Waals surface area contributed by atoms with Gasteiger partial charge in [-0.2, -0.15) is 0 Å². The van der Waals surface area contributed by atoms with Crippen LogP contribution in [0.15, 0.2) is 36.5 Å². The lowest BCUT2D eigenvalue weighted by Gasteiger charge is -1.88. The zero-order chi connectivity index (χ0) is 7.98. The molecule has 0 radical (unpaired) electrons. The van der Waals surface area contributed by atoms with E-state index in [-0.39, 0.29) is 5.56 Å². The monoisotopic (exact) mass is 138 g/mol. The second kappa shape index (κ2) is 4.49. The maximum Gasteiger partial charge on any atom is 0.268 e. The van der Waals surface area contributed by atoms with Crippen LogP contribution in [0.5, 0.6) is 0 Å². The van der Waals surface area contributed by atoms with Gasteiger partial charge in [-0.1, -0.05) is 0 Å². The van der Waals surface area contributed by atoms with Crippen LogP contribution in [0.1, 0.15) is 0 Å². The summed E-state index contributed by atoms with van der Waals surface area (Å²) in [6.07, 6.45) is 4.46. The van der Waals surface area contributed by atoms with Crippen LogP contribution in [0.3, 0.4) is 0 Å². The van der Waals surface area contributed by atoms with E-state index in [9.17, 15) is 4.79 Å². The quantitative estimate of drug-likeness (QED) is 0.491. The van der Waals surface area contributed by atoms with E-state index >= 15 is 0 Å². The Morgan fingerprint density at radius 1 is 1.60 bits per heavy atom. The summed E-state index contributed by atoms with van der Waals surface area (Å²) < 4.78 is 1.47. The van der Waals surface area contributed by atoms with E-state index in [0.29, 0.717) is 0 Å². The number of aryl methyl sites for hydroxylation is 1. The molecule has 1 aromatic rings. The zero-order valence-electron chi connectivity index (χ0n) is 5.95. The highest BCUT2D eigenvalue weighted by atomic mass is 16.1. The average molecular weight is 138 g/mol. The Labute approximate surface area is 59.7 Å². The van der Waals surface area contributed by atoms with Crippen LogP contribution in [-0.4, -0.2) is 9.55 Å². The van der Waals surface area contributed by atoms with E-state index in [1.807, 2.05) is 0 Å². The van der Waals surface area contributed by atoms with Crippen LogP contribution in [0, 0.1) is 0 Å². The minimum absolute atomic E-state index is 0.0764. The standard InChI is InChI=1S/C5H6N2O.C2H4/c1-7-3-2-6-4-5(7)8;1-2/h2-4H,1H3;1-2H2. The molecule has 0 saturated carbocycles. The fraction of sp³-hybridized carbons (Fsp3) is 0.143. The van der Waals surface area contributed by atoms with Gasteiger partial charge in [0, 0.05) is 19.4 Å². The number of hydrogen-bond acceptors (Lipinski definition) is 2. The van der Waals surface area contributed by atoms with Gasteiger partial charge in [0.2, 0.25) is 0 Å². The van der Waals surface area contributed by atoms with Crippen LogP contribution in [0.2, 0.25) is 0 Å². The maximum absolute atomic E-state index is 10.5. The lowest BCUT2D eigenvalue weighted by molar-refractivity contribution is 0.841. The molecule has 0 N–H and O–H groups in total. The first-order chi connectivity index (χ1) is 4.80. The summed E-state index contributed by atoms with van der Waals surface area (Å²) in [5.41, 5.74) is -0.0764. The van der Waals surface area contributed by atoms with E-state index in [1.165, 1.54) is 10.8 Å². The van der Waals surface area contributed by atoms with Crippen molar-refractivity contribution in [3.05, 3.63) is 42.1 Å². The molecular weight excluding hydrogens is 128 g/mol. The Kier molecular flexibility index (Phi) is 3.87. The van der Waals surface area contributed by atoms with Crippen LogP contribution in [0.25, 0.3) is 0 Å². The molecule has 3 nitrogen and oxygen atoms in total. The Morgan fingerprint density at radius 2 is 2.20 bits per heavy atom. The van der Waals surface area contributed by atoms with Crippen molar-refractivity contribution in [2.75, 3.05) is 0 Å². The summed E-state index contributed by atoms with van der Waals surface area (Å²) in [4.78, 5) is 14.1. The van der Waals surface area contributed by atoms with Gasteiger partial charge in [0.25, 0.3) is 5.56 Å². The minimum atomic E-state index is -0.0764. The topological polar surface area (TPSA) is 34.9 Å². The van der Waals surface area contributed by atoms with Crippen LogP contribution in [-0.2, 0) is 7.05 Å². The van der Waals surface area contributed by atoms with Gasteiger partial charge in [-0.15, -0.1) is 13.2 Å². The molecule has 0 aliphatic heterocycles. The molecule has 0 amide bonds. The third kappa shape index (κ3) is 2.26. The molecule has 0 saturated heterocycles. The molecule has 0 aliphatic carbocycles. The molecule has 0 bridgehead atoms. The lowest BCUT2D eigenvalue weighted by atomic mass is 10.7. The summed E-state index contributed by atoms with van der Waals surface area (Å²) >= 11 is 0. The molecule has 1 heterocycles. The van der Waals surface area contributed by atoms with Crippen molar-refractivity contribution in [2.24, 2.45) is 7.05 Å². The molecule has 0 unspecified atom stereocenters. The van der Waals surface area contributed by atoms with E-state index in [1.54, 1.807) is 19.4 Å². The van der Waals surface area contributed by atoms with E-state index < -0.39 is 0 Å². The highest BCUT2D eigenvalue weighted by Crippen LogP contribution is 1.66. The normalized spacial score (nSPS) is 7.70. The minimum Gasteiger partial charge on any atom is -0.316 e. The van der Waals surface area contributed by atoms with Crippen molar-refractivity contribution in [3.63, 3.8) is 0 Å². The predicted molar refractivity (Wildman–Crippen MR) is 40.7 cm³/mol. The molecule has 54 valence electrons. The lowest BCUT2D eigenvalue weighted by Crippen LogP contribution is -2.14. The Hall–Kier alpha value is -1.38. The first-order valence-corrected chi connectivity index (χ1v) is 2.77. The Morgan fingerprint density at radius 3 is 2.50 bits per heavy atom. The van der Waals surface area contributed by atoms with Crippen LogP contribution < -0.4 is 5.56 Å². The molecule has 10 heavy (non-hydrogen) atoms. The molecule has 0 aliphatic rings. The first kappa shape index (κ1) is 8.62. The van der Waals surface area contributed by atoms with Gasteiger partial charge < -0.3 is 4.57 Å². The number of aromatic nitrogens is 2. The summed E-state index contributed by atoms with van der Waals surface area (Å²) in [6.45, 7) is 6.00. The van der Waals surface area contributed by atoms with Crippen LogP contribution in [0.4, 0.5) is 0 Å². The van der Waals surface area contributed by atoms with E-state index in [2.05, 4.69) is 18.1 Å². The molecule has 0 atom stereocenters. The number of rotatable bonds is 0. The maximum atomic E-state index is 10.5. The summed E-state index contributed by atoms with van der Waals surface area (Å²) in [7, 11) is 1.68. The zero-order valence-corrected chi connectivity index (χ0v) is 5.95. The van der Waals surface area contributed by atoms with Crippen molar-refractivity contribution in [1.82, 2.24) is 9.55 Å². The van der Waals surface area contributed by atoms with Gasteiger partial charge >= 0.3 is 0 Å². The first-order valence-electron chi connectivity index (χ1n) is 2.77. The van der Waals surface area contributed by atoms with Crippen molar-refractivity contribution in [3.8, 4) is 0 Å². The second-order valence-electron chi connectivity index (χ2n) is 1.53. The van der Waals surface area contributed by atoms with Gasteiger partial charge in [-0.25, -0.2) is 0 Å². The molecule has 3 heteroatoms. The van der Waals surface area contributed by atoms with Crippen molar-refractivity contribution < 1.29 is 0 Å². The molecule has 0 fully saturated rings. The highest BCUT2D eigenvalue weighted by Gasteiger charge is 1.80. The fourth-order valence-corrected chi connectivity index (χ4v) is 0.410. The summed E-state index contributed by atoms with van der Waals surface area (Å²) in [5.74, 6) is 0. The third-order valence-corrected chi connectivity index (χ3v) is 0.909. The third-order valence-electron chi connectivity index (χ3n) is 0.909. The van der Waals surface area contributed by atoms with Crippen molar-refractivity contribution >= 4 is 0 Å². The Bertz CT molecular complexity index is 241. The molecule has 1 aromatic heterocycles. The largest absolute Gasteiger partial charge is 0.316 e. The molecular formula is C7H10N2O. The van der Waals surface area contributed by atoms with Crippen molar-refractivity contribution in [1.29, 1.82) is 0 Å². The SMILES string of the molecule is C=C.Cn1ccncc1=O. The van der Waals surface area contributed by atoms with Gasteiger partial charge in [0.15, 0.2) is 0 Å². The smallest absolute Gasteiger partial charge is 0.268 e. The predicted octanol–water partition coefficient (Wildman–Crippen LogP) is 0.582. The molecule has 0 aromatic carbocycles. The summed E-state index contributed by atoms with van der Waals surface area (Å²) in [6, 6.07) is 0. The fourth-order valence-electron chi connectivity index (χ4n) is 0.410.